The molecule has 1 aliphatic rings. The van der Waals surface area contributed by atoms with Crippen LogP contribution in [0.25, 0.3) is 0 Å². The molecule has 1 fully saturated rings. The molecule has 0 unspecified atom stereocenters. The fraction of sp³-hybridized carbons (Fsp3) is 0.500. The maximum absolute atomic E-state index is 13.3. The Labute approximate surface area is 198 Å². The molecule has 1 aromatic heterocycles. The minimum atomic E-state index is -4.36. The summed E-state index contributed by atoms with van der Waals surface area (Å²) in [5, 5.41) is 6.53. The van der Waals surface area contributed by atoms with Crippen molar-refractivity contribution in [3.05, 3.63) is 59.9 Å². The second-order valence-corrected chi connectivity index (χ2v) is 7.51. The number of ether oxygens (including phenoxy) is 1. The summed E-state index contributed by atoms with van der Waals surface area (Å²) in [6, 6.07) is 9.61. The molecule has 1 saturated heterocycles. The van der Waals surface area contributed by atoms with Gasteiger partial charge in [0.15, 0.2) is 5.96 Å². The topological polar surface area (TPSA) is 50.6 Å². The van der Waals surface area contributed by atoms with Crippen molar-refractivity contribution in [2.45, 2.75) is 37.9 Å². The zero-order chi connectivity index (χ0) is 21.5. The van der Waals surface area contributed by atoms with Crippen molar-refractivity contribution in [3.63, 3.8) is 0 Å². The molecule has 0 saturated carbocycles. The average molecular weight is 550 g/mol. The third-order valence-corrected chi connectivity index (χ3v) is 5.46. The van der Waals surface area contributed by atoms with Crippen LogP contribution in [0.3, 0.4) is 0 Å². The third-order valence-electron chi connectivity index (χ3n) is 5.46. The van der Waals surface area contributed by atoms with Gasteiger partial charge < -0.3 is 19.9 Å². The minimum Gasteiger partial charge on any atom is -0.381 e. The molecule has 5 nitrogen and oxygen atoms in total. The van der Waals surface area contributed by atoms with E-state index in [0.717, 1.165) is 12.6 Å². The van der Waals surface area contributed by atoms with Crippen molar-refractivity contribution in [1.82, 2.24) is 15.2 Å². The molecule has 0 bridgehead atoms. The first-order valence-corrected chi connectivity index (χ1v) is 10.3. The molecular formula is C22H30F3IN4O. The molecule has 0 amide bonds. The maximum atomic E-state index is 13.3. The molecule has 3 rings (SSSR count). The lowest BCUT2D eigenvalue weighted by molar-refractivity contribution is -0.137. The highest BCUT2D eigenvalue weighted by Crippen LogP contribution is 2.38. The fourth-order valence-corrected chi connectivity index (χ4v) is 3.72. The van der Waals surface area contributed by atoms with Gasteiger partial charge in [-0.05, 0) is 43.5 Å². The zero-order valence-corrected chi connectivity index (χ0v) is 20.0. The van der Waals surface area contributed by atoms with Crippen molar-refractivity contribution in [2.24, 2.45) is 4.99 Å². The van der Waals surface area contributed by atoms with Crippen LogP contribution in [0.1, 0.15) is 30.9 Å². The number of rotatable bonds is 7. The summed E-state index contributed by atoms with van der Waals surface area (Å²) < 4.78 is 47.3. The Balaban J connectivity index is 0.00000341. The summed E-state index contributed by atoms with van der Waals surface area (Å²) in [6.45, 7) is 5.61. The smallest absolute Gasteiger partial charge is 0.381 e. The molecule has 9 heteroatoms. The Morgan fingerprint density at radius 3 is 2.48 bits per heavy atom. The number of benzene rings is 1. The summed E-state index contributed by atoms with van der Waals surface area (Å²) in [4.78, 5) is 4.74. The van der Waals surface area contributed by atoms with Crippen molar-refractivity contribution < 1.29 is 17.9 Å². The fourth-order valence-electron chi connectivity index (χ4n) is 3.72. The van der Waals surface area contributed by atoms with Crippen molar-refractivity contribution in [1.29, 1.82) is 0 Å². The molecule has 1 aliphatic heterocycles. The Hall–Kier alpha value is -1.75. The summed E-state index contributed by atoms with van der Waals surface area (Å²) >= 11 is 0. The van der Waals surface area contributed by atoms with E-state index in [-0.39, 0.29) is 24.0 Å². The largest absolute Gasteiger partial charge is 0.416 e. The Morgan fingerprint density at radius 2 is 1.84 bits per heavy atom. The number of aliphatic imine (C=N–C) groups is 1. The number of nitrogens with zero attached hydrogens (tertiary/aromatic N) is 2. The zero-order valence-electron chi connectivity index (χ0n) is 17.6. The van der Waals surface area contributed by atoms with Crippen LogP contribution in [-0.4, -0.2) is 43.4 Å². The predicted molar refractivity (Wildman–Crippen MR) is 127 cm³/mol. The molecule has 2 aromatic rings. The number of halogens is 4. The molecule has 2 heterocycles. The van der Waals surface area contributed by atoms with Gasteiger partial charge in [0.2, 0.25) is 0 Å². The van der Waals surface area contributed by atoms with Gasteiger partial charge in [-0.25, -0.2) is 0 Å². The number of aromatic nitrogens is 1. The van der Waals surface area contributed by atoms with Crippen LogP contribution >= 0.6 is 24.0 Å². The van der Waals surface area contributed by atoms with Crippen LogP contribution < -0.4 is 10.6 Å². The minimum absolute atomic E-state index is 0. The molecule has 31 heavy (non-hydrogen) atoms. The van der Waals surface area contributed by atoms with Gasteiger partial charge >= 0.3 is 6.18 Å². The molecule has 2 N–H and O–H groups in total. The highest BCUT2D eigenvalue weighted by Gasteiger charge is 2.37. The molecule has 0 radical (unpaired) electrons. The van der Waals surface area contributed by atoms with Crippen LogP contribution in [0.4, 0.5) is 13.2 Å². The highest BCUT2D eigenvalue weighted by atomic mass is 127. The average Bonchev–Trinajstić information content (AvgIpc) is 3.26. The van der Waals surface area contributed by atoms with Crippen LogP contribution in [0.15, 0.2) is 53.8 Å². The van der Waals surface area contributed by atoms with Gasteiger partial charge in [-0.1, -0.05) is 18.2 Å². The van der Waals surface area contributed by atoms with E-state index in [1.165, 1.54) is 12.1 Å². The first-order chi connectivity index (χ1) is 14.4. The van der Waals surface area contributed by atoms with Crippen LogP contribution in [-0.2, 0) is 22.9 Å². The van der Waals surface area contributed by atoms with Gasteiger partial charge in [0, 0.05) is 50.7 Å². The molecule has 0 atom stereocenters. The lowest BCUT2D eigenvalue weighted by Crippen LogP contribution is -2.42. The normalized spacial score (nSPS) is 16.5. The monoisotopic (exact) mass is 550 g/mol. The van der Waals surface area contributed by atoms with E-state index in [0.29, 0.717) is 57.2 Å². The van der Waals surface area contributed by atoms with E-state index in [1.54, 1.807) is 6.07 Å². The second kappa shape index (κ2) is 11.8. The first-order valence-electron chi connectivity index (χ1n) is 10.3. The summed E-state index contributed by atoms with van der Waals surface area (Å²) in [6.07, 6.45) is 0.911. The van der Waals surface area contributed by atoms with E-state index in [9.17, 15) is 13.2 Å². The predicted octanol–water partition coefficient (Wildman–Crippen LogP) is 4.43. The van der Waals surface area contributed by atoms with Gasteiger partial charge in [0.05, 0.1) is 12.1 Å². The van der Waals surface area contributed by atoms with Crippen molar-refractivity contribution in [3.8, 4) is 0 Å². The standard InChI is InChI=1S/C22H29F3N4O.HI/c1-2-26-20(27-10-13-29-11-3-4-12-29)28-17-21(8-14-30-15-9-21)18-6-5-7-19(16-18)22(23,24)25;/h3-7,11-12,16H,2,8-10,13-15,17H2,1H3,(H2,26,27,28);1H. The van der Waals surface area contributed by atoms with Crippen LogP contribution in [0, 0.1) is 0 Å². The van der Waals surface area contributed by atoms with E-state index < -0.39 is 17.2 Å². The molecule has 0 spiro atoms. The molecule has 172 valence electrons. The number of hydrogen-bond acceptors (Lipinski definition) is 2. The number of hydrogen-bond donors (Lipinski definition) is 2. The van der Waals surface area contributed by atoms with E-state index in [4.69, 9.17) is 9.73 Å². The maximum Gasteiger partial charge on any atom is 0.416 e. The number of guanidine groups is 1. The lowest BCUT2D eigenvalue weighted by Gasteiger charge is -2.37. The van der Waals surface area contributed by atoms with Gasteiger partial charge in [-0.15, -0.1) is 24.0 Å². The molecule has 0 aliphatic carbocycles. The second-order valence-electron chi connectivity index (χ2n) is 7.51. The Morgan fingerprint density at radius 1 is 1.13 bits per heavy atom. The van der Waals surface area contributed by atoms with Gasteiger partial charge in [-0.3, -0.25) is 4.99 Å². The quantitative estimate of drug-likeness (QED) is 0.305. The first kappa shape index (κ1) is 25.5. The van der Waals surface area contributed by atoms with E-state index >= 15 is 0 Å². The Kier molecular flexibility index (Phi) is 9.67. The van der Waals surface area contributed by atoms with Crippen molar-refractivity contribution in [2.75, 3.05) is 32.8 Å². The van der Waals surface area contributed by atoms with E-state index in [2.05, 4.69) is 15.2 Å². The summed E-state index contributed by atoms with van der Waals surface area (Å²) in [5.74, 6) is 0.669. The van der Waals surface area contributed by atoms with Gasteiger partial charge in [0.25, 0.3) is 0 Å². The highest BCUT2D eigenvalue weighted by molar-refractivity contribution is 14.0. The number of alkyl halides is 3. The van der Waals surface area contributed by atoms with E-state index in [1.807, 2.05) is 31.5 Å². The van der Waals surface area contributed by atoms with Gasteiger partial charge in [0.1, 0.15) is 0 Å². The molecular weight excluding hydrogens is 520 g/mol. The van der Waals surface area contributed by atoms with Gasteiger partial charge in [-0.2, -0.15) is 13.2 Å². The summed E-state index contributed by atoms with van der Waals surface area (Å²) in [7, 11) is 0. The summed E-state index contributed by atoms with van der Waals surface area (Å²) in [5.41, 5.74) is -0.415. The lowest BCUT2D eigenvalue weighted by atomic mass is 9.74. The van der Waals surface area contributed by atoms with Crippen LogP contribution in [0.2, 0.25) is 0 Å². The molecule has 1 aromatic carbocycles. The third kappa shape index (κ3) is 7.13. The SMILES string of the molecule is CCNC(=NCC1(c2cccc(C(F)(F)F)c2)CCOCC1)NCCn1cccc1.I. The Bertz CT molecular complexity index is 818. The van der Waals surface area contributed by atoms with Crippen molar-refractivity contribution >= 4 is 29.9 Å². The van der Waals surface area contributed by atoms with Crippen LogP contribution in [0.5, 0.6) is 0 Å². The number of nitrogens with one attached hydrogen (secondary N) is 2.